The van der Waals surface area contributed by atoms with Gasteiger partial charge >= 0.3 is 0 Å². The van der Waals surface area contributed by atoms with Crippen molar-refractivity contribution in [2.24, 2.45) is 5.41 Å². The van der Waals surface area contributed by atoms with Gasteiger partial charge in [-0.3, -0.25) is 0 Å². The first-order valence-corrected chi connectivity index (χ1v) is 8.03. The summed E-state index contributed by atoms with van der Waals surface area (Å²) in [5.74, 6) is 0. The highest BCUT2D eigenvalue weighted by Gasteiger charge is 2.33. The van der Waals surface area contributed by atoms with Crippen LogP contribution in [-0.2, 0) is 0 Å². The van der Waals surface area contributed by atoms with Crippen molar-refractivity contribution >= 4 is 28.9 Å². The summed E-state index contributed by atoms with van der Waals surface area (Å²) >= 11 is 12.3. The maximum Gasteiger partial charge on any atom is 0.0441 e. The normalized spacial score (nSPS) is 24.0. The van der Waals surface area contributed by atoms with E-state index in [2.05, 4.69) is 37.9 Å². The lowest BCUT2D eigenvalue weighted by Crippen LogP contribution is -2.60. The predicted octanol–water partition coefficient (Wildman–Crippen LogP) is 4.60. The summed E-state index contributed by atoms with van der Waals surface area (Å²) in [6.45, 7) is 11.0. The van der Waals surface area contributed by atoms with E-state index >= 15 is 0 Å². The van der Waals surface area contributed by atoms with Crippen LogP contribution in [-0.4, -0.2) is 25.2 Å². The van der Waals surface area contributed by atoms with E-state index in [1.165, 1.54) is 0 Å². The lowest BCUT2D eigenvalue weighted by atomic mass is 9.84. The molecule has 0 spiro atoms. The van der Waals surface area contributed by atoms with Crippen molar-refractivity contribution in [1.29, 1.82) is 0 Å². The van der Waals surface area contributed by atoms with Gasteiger partial charge in [-0.2, -0.15) is 0 Å². The molecule has 1 aliphatic rings. The lowest BCUT2D eigenvalue weighted by molar-refractivity contribution is 0.234. The van der Waals surface area contributed by atoms with Crippen LogP contribution in [0.1, 0.15) is 34.1 Å². The minimum absolute atomic E-state index is 0.235. The van der Waals surface area contributed by atoms with E-state index in [1.54, 1.807) is 6.07 Å². The third-order valence-electron chi connectivity index (χ3n) is 4.12. The molecule has 0 radical (unpaired) electrons. The first-order valence-electron chi connectivity index (χ1n) is 7.27. The molecule has 0 amide bonds. The van der Waals surface area contributed by atoms with Crippen molar-refractivity contribution in [3.8, 4) is 0 Å². The number of nitrogens with zero attached hydrogens (tertiary/aromatic N) is 1. The first-order chi connectivity index (χ1) is 9.31. The Hall–Kier alpha value is -0.440. The van der Waals surface area contributed by atoms with Crippen molar-refractivity contribution in [2.75, 3.05) is 18.0 Å². The monoisotopic (exact) mass is 314 g/mol. The number of benzene rings is 1. The Morgan fingerprint density at radius 2 is 1.80 bits per heavy atom. The van der Waals surface area contributed by atoms with Crippen molar-refractivity contribution in [3.63, 3.8) is 0 Å². The van der Waals surface area contributed by atoms with Crippen LogP contribution in [0.5, 0.6) is 0 Å². The molecule has 1 aromatic rings. The molecule has 2 rings (SSSR count). The summed E-state index contributed by atoms with van der Waals surface area (Å²) in [7, 11) is 0. The predicted molar refractivity (Wildman–Crippen MR) is 89.1 cm³/mol. The van der Waals surface area contributed by atoms with Gasteiger partial charge < -0.3 is 10.2 Å². The van der Waals surface area contributed by atoms with Gasteiger partial charge in [0.2, 0.25) is 0 Å². The topological polar surface area (TPSA) is 15.3 Å². The standard InChI is InChI=1S/C16H24Cl2N2/c1-5-13-9-19-15(16(2,3)4)10-20(13)14-7-11(17)6-12(18)8-14/h6-8,13,15,19H,5,9-10H2,1-4H3. The van der Waals surface area contributed by atoms with Crippen LogP contribution in [0.15, 0.2) is 18.2 Å². The third-order valence-corrected chi connectivity index (χ3v) is 4.55. The molecular formula is C16H24Cl2N2. The van der Waals surface area contributed by atoms with E-state index in [4.69, 9.17) is 23.2 Å². The number of rotatable bonds is 2. The molecule has 2 atom stereocenters. The second kappa shape index (κ2) is 6.13. The number of anilines is 1. The molecule has 112 valence electrons. The molecule has 1 N–H and O–H groups in total. The minimum Gasteiger partial charge on any atom is -0.366 e. The second-order valence-corrected chi connectivity index (χ2v) is 7.54. The number of hydrogen-bond donors (Lipinski definition) is 1. The highest BCUT2D eigenvalue weighted by atomic mass is 35.5. The number of halogens is 2. The van der Waals surface area contributed by atoms with Crippen LogP contribution < -0.4 is 10.2 Å². The maximum atomic E-state index is 6.16. The van der Waals surface area contributed by atoms with Crippen LogP contribution >= 0.6 is 23.2 Å². The Morgan fingerprint density at radius 1 is 1.20 bits per heavy atom. The molecule has 0 saturated carbocycles. The number of hydrogen-bond acceptors (Lipinski definition) is 2. The average molecular weight is 315 g/mol. The molecule has 1 fully saturated rings. The molecule has 4 heteroatoms. The SMILES string of the molecule is CCC1CNC(C(C)(C)C)CN1c1cc(Cl)cc(Cl)c1. The van der Waals surface area contributed by atoms with Crippen LogP contribution in [0.25, 0.3) is 0 Å². The van der Waals surface area contributed by atoms with Gasteiger partial charge in [-0.05, 0) is 30.0 Å². The molecular weight excluding hydrogens is 291 g/mol. The van der Waals surface area contributed by atoms with E-state index in [0.29, 0.717) is 22.1 Å². The van der Waals surface area contributed by atoms with Gasteiger partial charge in [0.1, 0.15) is 0 Å². The van der Waals surface area contributed by atoms with E-state index in [9.17, 15) is 0 Å². The molecule has 0 bridgehead atoms. The van der Waals surface area contributed by atoms with Crippen molar-refractivity contribution < 1.29 is 0 Å². The zero-order chi connectivity index (χ0) is 14.9. The quantitative estimate of drug-likeness (QED) is 0.858. The number of nitrogens with one attached hydrogen (secondary N) is 1. The highest BCUT2D eigenvalue weighted by molar-refractivity contribution is 6.35. The average Bonchev–Trinajstić information content (AvgIpc) is 2.35. The molecule has 1 heterocycles. The molecule has 2 unspecified atom stereocenters. The van der Waals surface area contributed by atoms with Crippen molar-refractivity contribution in [2.45, 2.75) is 46.2 Å². The Kier molecular flexibility index (Phi) is 4.88. The van der Waals surface area contributed by atoms with E-state index in [1.807, 2.05) is 12.1 Å². The molecule has 2 nitrogen and oxygen atoms in total. The zero-order valence-corrected chi connectivity index (χ0v) is 14.2. The van der Waals surface area contributed by atoms with Gasteiger partial charge in [-0.25, -0.2) is 0 Å². The summed E-state index contributed by atoms with van der Waals surface area (Å²) in [4.78, 5) is 2.45. The van der Waals surface area contributed by atoms with Crippen molar-refractivity contribution in [1.82, 2.24) is 5.32 Å². The Morgan fingerprint density at radius 3 is 2.30 bits per heavy atom. The largest absolute Gasteiger partial charge is 0.366 e. The molecule has 0 aromatic heterocycles. The maximum absolute atomic E-state index is 6.16. The second-order valence-electron chi connectivity index (χ2n) is 6.67. The molecule has 20 heavy (non-hydrogen) atoms. The Labute approximate surface area is 132 Å². The van der Waals surface area contributed by atoms with Crippen LogP contribution in [0.2, 0.25) is 10.0 Å². The van der Waals surface area contributed by atoms with Crippen molar-refractivity contribution in [3.05, 3.63) is 28.2 Å². The van der Waals surface area contributed by atoms with Gasteiger partial charge in [0.25, 0.3) is 0 Å². The van der Waals surface area contributed by atoms with Crippen LogP contribution in [0.3, 0.4) is 0 Å². The fourth-order valence-corrected chi connectivity index (χ4v) is 3.28. The van der Waals surface area contributed by atoms with E-state index in [0.717, 1.165) is 25.2 Å². The Balaban J connectivity index is 2.29. The zero-order valence-electron chi connectivity index (χ0n) is 12.7. The third kappa shape index (κ3) is 3.60. The summed E-state index contributed by atoms with van der Waals surface area (Å²) < 4.78 is 0. The van der Waals surface area contributed by atoms with E-state index in [-0.39, 0.29) is 5.41 Å². The van der Waals surface area contributed by atoms with Gasteiger partial charge in [0.05, 0.1) is 0 Å². The molecule has 1 saturated heterocycles. The van der Waals surface area contributed by atoms with E-state index < -0.39 is 0 Å². The summed E-state index contributed by atoms with van der Waals surface area (Å²) in [5, 5.41) is 5.09. The minimum atomic E-state index is 0.235. The first kappa shape index (κ1) is 15.9. The van der Waals surface area contributed by atoms with Gasteiger partial charge in [-0.15, -0.1) is 0 Å². The van der Waals surface area contributed by atoms with Gasteiger partial charge in [0, 0.05) is 40.9 Å². The molecule has 0 aliphatic carbocycles. The smallest absolute Gasteiger partial charge is 0.0441 e. The Bertz CT molecular complexity index is 448. The summed E-state index contributed by atoms with van der Waals surface area (Å²) in [6.07, 6.45) is 1.11. The molecule has 1 aromatic carbocycles. The fraction of sp³-hybridized carbons (Fsp3) is 0.625. The van der Waals surface area contributed by atoms with Gasteiger partial charge in [-0.1, -0.05) is 50.9 Å². The highest BCUT2D eigenvalue weighted by Crippen LogP contribution is 2.31. The van der Waals surface area contributed by atoms with Crippen LogP contribution in [0.4, 0.5) is 5.69 Å². The fourth-order valence-electron chi connectivity index (χ4n) is 2.76. The number of piperazine rings is 1. The van der Waals surface area contributed by atoms with Crippen LogP contribution in [0, 0.1) is 5.41 Å². The summed E-state index contributed by atoms with van der Waals surface area (Å²) in [6, 6.07) is 6.77. The molecule has 1 aliphatic heterocycles. The summed E-state index contributed by atoms with van der Waals surface area (Å²) in [5.41, 5.74) is 1.37. The lowest BCUT2D eigenvalue weighted by Gasteiger charge is -2.46. The van der Waals surface area contributed by atoms with Gasteiger partial charge in [0.15, 0.2) is 0 Å².